The minimum Gasteiger partial charge on any atom is -0.492 e. The van der Waals surface area contributed by atoms with Crippen molar-refractivity contribution in [1.29, 1.82) is 0 Å². The van der Waals surface area contributed by atoms with E-state index < -0.39 is 17.8 Å². The summed E-state index contributed by atoms with van der Waals surface area (Å²) in [4.78, 5) is 34.0. The van der Waals surface area contributed by atoms with Crippen LogP contribution in [-0.4, -0.2) is 50.7 Å². The molecule has 2 aromatic carbocycles. The average molecular weight is 608 g/mol. The van der Waals surface area contributed by atoms with Crippen molar-refractivity contribution in [1.82, 2.24) is 25.1 Å². The number of aromatic nitrogens is 4. The van der Waals surface area contributed by atoms with E-state index in [1.54, 1.807) is 12.4 Å². The molecule has 10 nitrogen and oxygen atoms in total. The summed E-state index contributed by atoms with van der Waals surface area (Å²) < 4.78 is 18.0. The number of carbonyl (C=O) groups excluding carboxylic acids is 2. The minimum absolute atomic E-state index is 0.239. The van der Waals surface area contributed by atoms with Crippen LogP contribution in [-0.2, 0) is 16.1 Å². The Hall–Kier alpha value is -5.25. The quantitative estimate of drug-likeness (QED) is 0.164. The molecule has 5 aromatic rings. The summed E-state index contributed by atoms with van der Waals surface area (Å²) in [5.41, 5.74) is 4.73. The summed E-state index contributed by atoms with van der Waals surface area (Å²) in [7, 11) is 0. The van der Waals surface area contributed by atoms with E-state index >= 15 is 0 Å². The van der Waals surface area contributed by atoms with Crippen LogP contribution in [0.4, 0.5) is 9.59 Å². The minimum atomic E-state index is -0.666. The van der Waals surface area contributed by atoms with Gasteiger partial charge in [0.2, 0.25) is 0 Å². The van der Waals surface area contributed by atoms with Crippen molar-refractivity contribution in [3.8, 4) is 28.3 Å². The molecule has 0 saturated carbocycles. The molecule has 3 heterocycles. The number of nitrogens with one attached hydrogen (secondary N) is 1. The Labute approximate surface area is 262 Å². The molecule has 1 amide bonds. The molecule has 232 valence electrons. The van der Waals surface area contributed by atoms with Gasteiger partial charge in [0.15, 0.2) is 0 Å². The summed E-state index contributed by atoms with van der Waals surface area (Å²) in [5, 5.41) is 8.23. The van der Waals surface area contributed by atoms with Gasteiger partial charge in [-0.2, -0.15) is 9.78 Å². The van der Waals surface area contributed by atoms with E-state index in [9.17, 15) is 9.59 Å². The second-order valence-corrected chi connectivity index (χ2v) is 11.6. The first-order valence-electron chi connectivity index (χ1n) is 14.9. The van der Waals surface area contributed by atoms with E-state index in [1.165, 1.54) is 4.68 Å². The molecule has 3 aromatic heterocycles. The number of pyridine rings is 2. The highest BCUT2D eigenvalue weighted by atomic mass is 16.6. The van der Waals surface area contributed by atoms with Gasteiger partial charge in [-0.15, -0.1) is 0 Å². The van der Waals surface area contributed by atoms with E-state index in [1.807, 2.05) is 100 Å². The van der Waals surface area contributed by atoms with Crippen molar-refractivity contribution < 1.29 is 23.8 Å². The fraction of sp³-hybridized carbons (Fsp3) is 0.286. The molecule has 0 aliphatic rings. The van der Waals surface area contributed by atoms with Crippen molar-refractivity contribution in [3.05, 3.63) is 96.4 Å². The Morgan fingerprint density at radius 3 is 2.56 bits per heavy atom. The zero-order valence-corrected chi connectivity index (χ0v) is 25.9. The van der Waals surface area contributed by atoms with Crippen molar-refractivity contribution in [3.63, 3.8) is 0 Å². The van der Waals surface area contributed by atoms with Crippen molar-refractivity contribution >= 4 is 23.1 Å². The summed E-state index contributed by atoms with van der Waals surface area (Å²) >= 11 is 0. The largest absolute Gasteiger partial charge is 0.492 e. The van der Waals surface area contributed by atoms with Crippen LogP contribution in [0.2, 0.25) is 0 Å². The Bertz CT molecular complexity index is 1780. The number of hydrogen-bond donors (Lipinski definition) is 1. The average Bonchev–Trinajstić information content (AvgIpc) is 3.47. The van der Waals surface area contributed by atoms with Crippen LogP contribution >= 0.6 is 0 Å². The highest BCUT2D eigenvalue weighted by molar-refractivity contribution is 5.89. The fourth-order valence-corrected chi connectivity index (χ4v) is 4.59. The zero-order chi connectivity index (χ0) is 31.8. The predicted molar refractivity (Wildman–Crippen MR) is 172 cm³/mol. The zero-order valence-electron chi connectivity index (χ0n) is 25.9. The summed E-state index contributed by atoms with van der Waals surface area (Å²) in [6.07, 6.45) is 3.85. The third kappa shape index (κ3) is 8.66. The second-order valence-electron chi connectivity index (χ2n) is 11.6. The lowest BCUT2D eigenvalue weighted by molar-refractivity contribution is 0.0515. The molecule has 0 unspecified atom stereocenters. The highest BCUT2D eigenvalue weighted by Crippen LogP contribution is 2.33. The first-order valence-corrected chi connectivity index (χ1v) is 14.9. The van der Waals surface area contributed by atoms with Crippen molar-refractivity contribution in [2.75, 3.05) is 13.2 Å². The maximum atomic E-state index is 12.9. The smallest absolute Gasteiger partial charge is 0.435 e. The molecule has 0 aliphatic carbocycles. The number of hydrogen-bond acceptors (Lipinski definition) is 8. The van der Waals surface area contributed by atoms with Gasteiger partial charge in [-0.25, -0.2) is 9.59 Å². The van der Waals surface area contributed by atoms with Gasteiger partial charge >= 0.3 is 12.2 Å². The predicted octanol–water partition coefficient (Wildman–Crippen LogP) is 7.34. The molecular formula is C35H37N5O5. The van der Waals surface area contributed by atoms with Gasteiger partial charge in [-0.1, -0.05) is 42.5 Å². The molecule has 0 radical (unpaired) electrons. The number of rotatable bonds is 10. The van der Waals surface area contributed by atoms with Gasteiger partial charge in [0.05, 0.1) is 24.0 Å². The van der Waals surface area contributed by atoms with E-state index in [2.05, 4.69) is 20.4 Å². The molecule has 45 heavy (non-hydrogen) atoms. The summed E-state index contributed by atoms with van der Waals surface area (Å²) in [6, 6.07) is 23.1. The number of ether oxygens (including phenoxy) is 3. The highest BCUT2D eigenvalue weighted by Gasteiger charge is 2.22. The second kappa shape index (κ2) is 14.0. The van der Waals surface area contributed by atoms with E-state index in [0.29, 0.717) is 30.3 Å². The normalized spacial score (nSPS) is 11.3. The molecule has 0 fully saturated rings. The molecule has 10 heteroatoms. The van der Waals surface area contributed by atoms with E-state index in [-0.39, 0.29) is 6.61 Å². The first kappa shape index (κ1) is 31.2. The van der Waals surface area contributed by atoms with Crippen LogP contribution in [0.5, 0.6) is 5.75 Å². The van der Waals surface area contributed by atoms with Crippen LogP contribution in [0, 0.1) is 6.92 Å². The number of nitrogens with zero attached hydrogens (tertiary/aromatic N) is 4. The lowest BCUT2D eigenvalue weighted by atomic mass is 10.0. The topological polar surface area (TPSA) is 117 Å². The van der Waals surface area contributed by atoms with Crippen LogP contribution in [0.3, 0.4) is 0 Å². The number of amides is 1. The Morgan fingerprint density at radius 2 is 1.78 bits per heavy atom. The number of benzene rings is 2. The molecule has 0 atom stereocenters. The fourth-order valence-electron chi connectivity index (χ4n) is 4.59. The van der Waals surface area contributed by atoms with Gasteiger partial charge in [0.1, 0.15) is 23.7 Å². The van der Waals surface area contributed by atoms with Gasteiger partial charge in [-0.3, -0.25) is 9.97 Å². The molecular weight excluding hydrogens is 570 g/mol. The number of aryl methyl sites for hydroxylation is 1. The van der Waals surface area contributed by atoms with Crippen LogP contribution in [0.15, 0.2) is 85.2 Å². The Morgan fingerprint density at radius 1 is 0.956 bits per heavy atom. The molecule has 0 aliphatic heterocycles. The van der Waals surface area contributed by atoms with Crippen molar-refractivity contribution in [2.24, 2.45) is 0 Å². The molecule has 5 rings (SSSR count). The number of alkyl carbamates (subject to hydrolysis) is 1. The van der Waals surface area contributed by atoms with Gasteiger partial charge < -0.3 is 19.5 Å². The lowest BCUT2D eigenvalue weighted by Gasteiger charge is -2.18. The number of fused-ring (bicyclic) bond motifs is 1. The van der Waals surface area contributed by atoms with Crippen LogP contribution in [0.25, 0.3) is 33.4 Å². The lowest BCUT2D eigenvalue weighted by Crippen LogP contribution is -2.27. The number of unbranched alkanes of at least 4 members (excludes halogenated alkanes) is 1. The first-order chi connectivity index (χ1) is 21.6. The van der Waals surface area contributed by atoms with E-state index in [0.717, 1.165) is 46.1 Å². The van der Waals surface area contributed by atoms with Crippen LogP contribution in [0.1, 0.15) is 44.9 Å². The van der Waals surface area contributed by atoms with Gasteiger partial charge in [0.25, 0.3) is 0 Å². The van der Waals surface area contributed by atoms with Crippen LogP contribution < -0.4 is 10.1 Å². The molecule has 0 bridgehead atoms. The third-order valence-electron chi connectivity index (χ3n) is 6.71. The van der Waals surface area contributed by atoms with Gasteiger partial charge in [0, 0.05) is 29.4 Å². The summed E-state index contributed by atoms with van der Waals surface area (Å²) in [6.45, 7) is 8.56. The maximum absolute atomic E-state index is 12.9. The van der Waals surface area contributed by atoms with Crippen molar-refractivity contribution in [2.45, 2.75) is 52.7 Å². The monoisotopic (exact) mass is 607 g/mol. The Balaban J connectivity index is 1.23. The molecule has 1 N–H and O–H groups in total. The standard InChI is InChI=1S/C35H37N5O5/c1-24-11-10-14-31(38-24)32-29(22-40(39-32)34(42)45-35(2,3)4)26-15-16-30-27(19-26)20-28(21-37-30)43-18-9-8-17-36-33(41)44-23-25-12-6-5-7-13-25/h5-7,10-16,19-22H,8-9,17-18,23H2,1-4H3,(H,36,41). The van der Waals surface area contributed by atoms with Gasteiger partial charge in [-0.05, 0) is 82.0 Å². The SMILES string of the molecule is Cc1cccc(-c2nn(C(=O)OC(C)(C)C)cc2-c2ccc3ncc(OCCCCNC(=O)OCc4ccccc4)cc3c2)n1. The maximum Gasteiger partial charge on any atom is 0.435 e. The number of carbonyl (C=O) groups is 2. The van der Waals surface area contributed by atoms with E-state index in [4.69, 9.17) is 14.2 Å². The third-order valence-corrected chi connectivity index (χ3v) is 6.71. The molecule has 0 saturated heterocycles. The Kier molecular flexibility index (Phi) is 9.72. The molecule has 0 spiro atoms. The summed E-state index contributed by atoms with van der Waals surface area (Å²) in [5.74, 6) is 0.639.